The average Bonchev–Trinajstić information content (AvgIpc) is 2.16. The summed E-state index contributed by atoms with van der Waals surface area (Å²) in [5, 5.41) is 4.50. The second-order valence-electron chi connectivity index (χ2n) is 2.62. The van der Waals surface area contributed by atoms with Gasteiger partial charge in [-0.2, -0.15) is 0 Å². The second kappa shape index (κ2) is 5.32. The summed E-state index contributed by atoms with van der Waals surface area (Å²) < 4.78 is 0. The number of carbonyl (C=O) groups excluding carboxylic acids is 1. The van der Waals surface area contributed by atoms with Crippen LogP contribution in [0.25, 0.3) is 0 Å². The highest BCUT2D eigenvalue weighted by atomic mass is 32.2. The molecule has 0 atom stereocenters. The van der Waals surface area contributed by atoms with E-state index in [-0.39, 0.29) is 5.91 Å². The van der Waals surface area contributed by atoms with Crippen LogP contribution in [0.1, 0.15) is 6.92 Å². The van der Waals surface area contributed by atoms with Gasteiger partial charge in [0, 0.05) is 17.2 Å². The first kappa shape index (κ1) is 10.6. The van der Waals surface area contributed by atoms with Crippen molar-refractivity contribution in [3.8, 4) is 0 Å². The molecule has 0 spiro atoms. The number of hydrogen-bond acceptors (Lipinski definition) is 2. The summed E-state index contributed by atoms with van der Waals surface area (Å²) in [6, 6.07) is 7.60. The molecule has 0 saturated carbocycles. The van der Waals surface area contributed by atoms with Gasteiger partial charge in [0.15, 0.2) is 0 Å². The Hall–Kier alpha value is -1.44. The minimum absolute atomic E-state index is 0.0689. The van der Waals surface area contributed by atoms with Crippen LogP contribution in [-0.4, -0.2) is 5.91 Å². The van der Waals surface area contributed by atoms with E-state index in [9.17, 15) is 4.79 Å². The zero-order valence-electron chi connectivity index (χ0n) is 7.91. The maximum absolute atomic E-state index is 10.9. The molecule has 72 valence electrons. The molecule has 0 aliphatic carbocycles. The summed E-state index contributed by atoms with van der Waals surface area (Å²) in [6.45, 7) is 4.97. The number of thioether (sulfide) groups is 1. The van der Waals surface area contributed by atoms with Gasteiger partial charge in [0.1, 0.15) is 0 Å². The number of anilines is 1. The predicted molar refractivity (Wildman–Crippen MR) is 60.3 cm³/mol. The van der Waals surface area contributed by atoms with Gasteiger partial charge in [0.2, 0.25) is 5.91 Å². The van der Waals surface area contributed by atoms with Crippen LogP contribution in [0.3, 0.4) is 0 Å². The first-order chi connectivity index (χ1) is 6.74. The fourth-order valence-corrected chi connectivity index (χ4v) is 1.58. The minimum atomic E-state index is -0.0689. The number of nitrogens with one attached hydrogen (secondary N) is 1. The molecule has 0 aliphatic heterocycles. The monoisotopic (exact) mass is 205 g/mol. The van der Waals surface area contributed by atoms with Gasteiger partial charge in [-0.15, -0.1) is 5.73 Å². The Morgan fingerprint density at radius 3 is 2.93 bits per heavy atom. The zero-order valence-corrected chi connectivity index (χ0v) is 8.73. The molecule has 3 heteroatoms. The van der Waals surface area contributed by atoms with Crippen LogP contribution in [-0.2, 0) is 4.79 Å². The maximum atomic E-state index is 10.9. The first-order valence-electron chi connectivity index (χ1n) is 4.11. The van der Waals surface area contributed by atoms with Gasteiger partial charge in [-0.05, 0) is 12.1 Å². The number of benzene rings is 1. The lowest BCUT2D eigenvalue weighted by Crippen LogP contribution is -2.06. The molecule has 0 fully saturated rings. The molecule has 1 rings (SSSR count). The average molecular weight is 205 g/mol. The smallest absolute Gasteiger partial charge is 0.221 e. The van der Waals surface area contributed by atoms with E-state index in [4.69, 9.17) is 0 Å². The van der Waals surface area contributed by atoms with Gasteiger partial charge < -0.3 is 5.32 Å². The van der Waals surface area contributed by atoms with Crippen LogP contribution in [0.15, 0.2) is 46.9 Å². The molecule has 14 heavy (non-hydrogen) atoms. The summed E-state index contributed by atoms with van der Waals surface area (Å²) in [7, 11) is 0. The lowest BCUT2D eigenvalue weighted by molar-refractivity contribution is -0.114. The summed E-state index contributed by atoms with van der Waals surface area (Å²) >= 11 is 1.48. The van der Waals surface area contributed by atoms with Crippen molar-refractivity contribution >= 4 is 23.4 Å². The molecule has 1 aromatic carbocycles. The van der Waals surface area contributed by atoms with Gasteiger partial charge in [0.25, 0.3) is 0 Å². The van der Waals surface area contributed by atoms with Gasteiger partial charge in [-0.25, -0.2) is 0 Å². The Balaban J connectivity index is 2.90. The molecule has 0 bridgehead atoms. The van der Waals surface area contributed by atoms with E-state index in [1.54, 1.807) is 5.41 Å². The third kappa shape index (κ3) is 3.13. The standard InChI is InChI=1S/C11H11NOS/c1-3-8-14-11-7-5-4-6-10(11)12-9(2)13/h4-8H,1H2,2H3,(H,12,13). The Labute approximate surface area is 87.7 Å². The maximum Gasteiger partial charge on any atom is 0.221 e. The zero-order chi connectivity index (χ0) is 10.4. The minimum Gasteiger partial charge on any atom is -0.325 e. The van der Waals surface area contributed by atoms with Crippen molar-refractivity contribution in [3.63, 3.8) is 0 Å². The fraction of sp³-hybridized carbons (Fsp3) is 0.0909. The van der Waals surface area contributed by atoms with Crippen molar-refractivity contribution in [2.45, 2.75) is 11.8 Å². The van der Waals surface area contributed by atoms with Crippen molar-refractivity contribution in [3.05, 3.63) is 42.0 Å². The number of carbonyl (C=O) groups is 1. The van der Waals surface area contributed by atoms with E-state index in [0.717, 1.165) is 10.6 Å². The van der Waals surface area contributed by atoms with Crippen LogP contribution in [0.5, 0.6) is 0 Å². The van der Waals surface area contributed by atoms with Crippen LogP contribution in [0, 0.1) is 0 Å². The Kier molecular flexibility index (Phi) is 4.05. The molecule has 1 amide bonds. The third-order valence-electron chi connectivity index (χ3n) is 1.47. The molecular weight excluding hydrogens is 194 g/mol. The van der Waals surface area contributed by atoms with Crippen LogP contribution in [0.2, 0.25) is 0 Å². The molecule has 0 aliphatic rings. The largest absolute Gasteiger partial charge is 0.325 e. The first-order valence-corrected chi connectivity index (χ1v) is 4.99. The van der Waals surface area contributed by atoms with E-state index < -0.39 is 0 Å². The highest BCUT2D eigenvalue weighted by Crippen LogP contribution is 2.27. The molecule has 0 aromatic heterocycles. The molecule has 2 nitrogen and oxygen atoms in total. The van der Waals surface area contributed by atoms with E-state index in [1.165, 1.54) is 18.7 Å². The Bertz CT molecular complexity index is 358. The topological polar surface area (TPSA) is 29.1 Å². The van der Waals surface area contributed by atoms with Gasteiger partial charge in [-0.1, -0.05) is 30.5 Å². The lowest BCUT2D eigenvalue weighted by atomic mass is 10.3. The molecule has 1 aromatic rings. The highest BCUT2D eigenvalue weighted by molar-refractivity contribution is 8.02. The molecule has 0 saturated heterocycles. The van der Waals surface area contributed by atoms with E-state index in [2.05, 4.69) is 17.6 Å². The predicted octanol–water partition coefficient (Wildman–Crippen LogP) is 3.04. The van der Waals surface area contributed by atoms with Crippen LogP contribution >= 0.6 is 11.8 Å². The van der Waals surface area contributed by atoms with Gasteiger partial charge in [0.05, 0.1) is 5.69 Å². The molecule has 0 heterocycles. The van der Waals surface area contributed by atoms with E-state index >= 15 is 0 Å². The number of para-hydroxylation sites is 1. The van der Waals surface area contributed by atoms with Gasteiger partial charge >= 0.3 is 0 Å². The van der Waals surface area contributed by atoms with Crippen LogP contribution < -0.4 is 5.32 Å². The summed E-state index contributed by atoms with van der Waals surface area (Å²) in [6.07, 6.45) is 0. The quantitative estimate of drug-likeness (QED) is 0.607. The normalized spacial score (nSPS) is 8.93. The third-order valence-corrected chi connectivity index (χ3v) is 2.36. The summed E-state index contributed by atoms with van der Waals surface area (Å²) in [4.78, 5) is 11.9. The van der Waals surface area contributed by atoms with Crippen molar-refractivity contribution in [1.82, 2.24) is 0 Å². The molecule has 1 N–H and O–H groups in total. The number of rotatable bonds is 3. The number of hydrogen-bond donors (Lipinski definition) is 1. The SMILES string of the molecule is C=C=CSc1ccccc1NC(C)=O. The Morgan fingerprint density at radius 1 is 1.57 bits per heavy atom. The fourth-order valence-electron chi connectivity index (χ4n) is 0.967. The van der Waals surface area contributed by atoms with Crippen molar-refractivity contribution in [1.29, 1.82) is 0 Å². The molecular formula is C11H11NOS. The lowest BCUT2D eigenvalue weighted by Gasteiger charge is -2.06. The van der Waals surface area contributed by atoms with Crippen molar-refractivity contribution < 1.29 is 4.79 Å². The summed E-state index contributed by atoms with van der Waals surface area (Å²) in [5.41, 5.74) is 3.49. The molecule has 0 radical (unpaired) electrons. The van der Waals surface area contributed by atoms with Gasteiger partial charge in [-0.3, -0.25) is 4.79 Å². The Morgan fingerprint density at radius 2 is 2.29 bits per heavy atom. The summed E-state index contributed by atoms with van der Waals surface area (Å²) in [5.74, 6) is -0.0689. The number of amides is 1. The molecule has 0 unspecified atom stereocenters. The van der Waals surface area contributed by atoms with E-state index in [1.807, 2.05) is 24.3 Å². The van der Waals surface area contributed by atoms with Crippen molar-refractivity contribution in [2.24, 2.45) is 0 Å². The van der Waals surface area contributed by atoms with Crippen LogP contribution in [0.4, 0.5) is 5.69 Å². The second-order valence-corrected chi connectivity index (χ2v) is 3.53. The van der Waals surface area contributed by atoms with E-state index in [0.29, 0.717) is 0 Å². The van der Waals surface area contributed by atoms with Crippen molar-refractivity contribution in [2.75, 3.05) is 5.32 Å². The highest BCUT2D eigenvalue weighted by Gasteiger charge is 2.01.